The second-order valence-corrected chi connectivity index (χ2v) is 6.00. The fraction of sp³-hybridized carbons (Fsp3) is 0.375. The van der Waals surface area contributed by atoms with E-state index in [0.29, 0.717) is 15.8 Å². The zero-order valence-corrected chi connectivity index (χ0v) is 13.4. The molecule has 1 aromatic rings. The molecule has 0 unspecified atom stereocenters. The molecule has 0 bridgehead atoms. The number of rotatable bonds is 2. The second kappa shape index (κ2) is 4.88. The minimum atomic E-state index is -0.469. The SMILES string of the molecule is CC1=C(C)C(C)(Oc2c(Cl)cccc2Cl)C(C)=C1C. The summed E-state index contributed by atoms with van der Waals surface area (Å²) in [4.78, 5) is 0. The Morgan fingerprint density at radius 1 is 0.895 bits per heavy atom. The van der Waals surface area contributed by atoms with Gasteiger partial charge < -0.3 is 4.74 Å². The first kappa shape index (κ1) is 14.5. The summed E-state index contributed by atoms with van der Waals surface area (Å²) in [6.07, 6.45) is 0. The molecular formula is C16H18Cl2O. The van der Waals surface area contributed by atoms with E-state index in [-0.39, 0.29) is 0 Å². The molecule has 0 saturated carbocycles. The van der Waals surface area contributed by atoms with Crippen LogP contribution in [0.5, 0.6) is 5.75 Å². The van der Waals surface area contributed by atoms with Crippen molar-refractivity contribution >= 4 is 23.2 Å². The van der Waals surface area contributed by atoms with Gasteiger partial charge in [0.05, 0.1) is 10.0 Å². The topological polar surface area (TPSA) is 9.23 Å². The van der Waals surface area contributed by atoms with Crippen molar-refractivity contribution in [1.82, 2.24) is 0 Å². The molecule has 0 fully saturated rings. The summed E-state index contributed by atoms with van der Waals surface area (Å²) < 4.78 is 6.21. The molecule has 0 amide bonds. The summed E-state index contributed by atoms with van der Waals surface area (Å²) in [6.45, 7) is 10.5. The molecule has 1 aliphatic carbocycles. The number of allylic oxidation sites excluding steroid dienone is 2. The maximum Gasteiger partial charge on any atom is 0.158 e. The molecule has 19 heavy (non-hydrogen) atoms. The van der Waals surface area contributed by atoms with Crippen molar-refractivity contribution in [2.75, 3.05) is 0 Å². The number of ether oxygens (including phenoxy) is 1. The van der Waals surface area contributed by atoms with Crippen molar-refractivity contribution in [2.45, 2.75) is 40.2 Å². The fourth-order valence-electron chi connectivity index (χ4n) is 2.50. The molecule has 0 aliphatic heterocycles. The molecule has 1 aliphatic rings. The van der Waals surface area contributed by atoms with Crippen molar-refractivity contribution in [3.8, 4) is 5.75 Å². The lowest BCUT2D eigenvalue weighted by atomic mass is 9.93. The third kappa shape index (κ3) is 2.19. The van der Waals surface area contributed by atoms with Crippen LogP contribution < -0.4 is 4.74 Å². The number of benzene rings is 1. The molecule has 0 radical (unpaired) electrons. The van der Waals surface area contributed by atoms with Gasteiger partial charge in [-0.2, -0.15) is 0 Å². The van der Waals surface area contributed by atoms with Gasteiger partial charge in [0.15, 0.2) is 5.75 Å². The summed E-state index contributed by atoms with van der Waals surface area (Å²) in [5.74, 6) is 0.550. The highest BCUT2D eigenvalue weighted by Crippen LogP contribution is 2.45. The standard InChI is InChI=1S/C16H18Cl2O/c1-9-10(2)12(4)16(5,11(9)3)19-15-13(17)7-6-8-14(15)18/h6-8H,1-5H3. The van der Waals surface area contributed by atoms with Crippen molar-refractivity contribution in [3.63, 3.8) is 0 Å². The predicted molar refractivity (Wildman–Crippen MR) is 82.2 cm³/mol. The largest absolute Gasteiger partial charge is 0.476 e. The highest BCUT2D eigenvalue weighted by Gasteiger charge is 2.39. The maximum absolute atomic E-state index is 6.21. The second-order valence-electron chi connectivity index (χ2n) is 5.19. The lowest BCUT2D eigenvalue weighted by Gasteiger charge is -2.31. The van der Waals surface area contributed by atoms with E-state index in [1.54, 1.807) is 12.1 Å². The lowest BCUT2D eigenvalue weighted by Crippen LogP contribution is -2.33. The summed E-state index contributed by atoms with van der Waals surface area (Å²) in [5, 5.41) is 1.08. The minimum absolute atomic E-state index is 0.469. The molecule has 0 N–H and O–H groups in total. The molecule has 0 aromatic heterocycles. The molecule has 1 aromatic carbocycles. The first-order valence-electron chi connectivity index (χ1n) is 6.28. The Balaban J connectivity index is 2.50. The Morgan fingerprint density at radius 2 is 1.32 bits per heavy atom. The maximum atomic E-state index is 6.21. The van der Waals surface area contributed by atoms with Crippen LogP contribution in [-0.4, -0.2) is 5.60 Å². The van der Waals surface area contributed by atoms with Gasteiger partial charge in [-0.3, -0.25) is 0 Å². The van der Waals surface area contributed by atoms with E-state index < -0.39 is 5.60 Å². The van der Waals surface area contributed by atoms with Crippen LogP contribution in [-0.2, 0) is 0 Å². The van der Waals surface area contributed by atoms with Gasteiger partial charge in [0, 0.05) is 0 Å². The van der Waals surface area contributed by atoms with Crippen molar-refractivity contribution < 1.29 is 4.74 Å². The Kier molecular flexibility index (Phi) is 3.72. The zero-order valence-electron chi connectivity index (χ0n) is 11.9. The van der Waals surface area contributed by atoms with E-state index in [1.807, 2.05) is 6.07 Å². The molecule has 3 heteroatoms. The summed E-state index contributed by atoms with van der Waals surface area (Å²) in [5.41, 5.74) is 4.51. The quantitative estimate of drug-likeness (QED) is 0.668. The van der Waals surface area contributed by atoms with Gasteiger partial charge in [-0.25, -0.2) is 0 Å². The van der Waals surface area contributed by atoms with Gasteiger partial charge in [0.25, 0.3) is 0 Å². The van der Waals surface area contributed by atoms with Crippen LogP contribution in [0.2, 0.25) is 10.0 Å². The highest BCUT2D eigenvalue weighted by atomic mass is 35.5. The third-order valence-corrected chi connectivity index (χ3v) is 4.94. The van der Waals surface area contributed by atoms with Crippen molar-refractivity contribution in [3.05, 3.63) is 50.5 Å². The molecule has 0 heterocycles. The van der Waals surface area contributed by atoms with Crippen LogP contribution in [0.25, 0.3) is 0 Å². The van der Waals surface area contributed by atoms with Crippen molar-refractivity contribution in [2.24, 2.45) is 0 Å². The van der Waals surface area contributed by atoms with E-state index in [9.17, 15) is 0 Å². The Bertz CT molecular complexity index is 553. The van der Waals surface area contributed by atoms with Gasteiger partial charge in [-0.05, 0) is 69.0 Å². The number of para-hydroxylation sites is 1. The molecule has 1 nitrogen and oxygen atoms in total. The van der Waals surface area contributed by atoms with Gasteiger partial charge in [0.2, 0.25) is 0 Å². The van der Waals surface area contributed by atoms with Crippen LogP contribution in [0.15, 0.2) is 40.5 Å². The molecule has 2 rings (SSSR count). The Labute approximate surface area is 124 Å². The van der Waals surface area contributed by atoms with E-state index in [1.165, 1.54) is 22.3 Å². The first-order valence-corrected chi connectivity index (χ1v) is 7.04. The molecular weight excluding hydrogens is 279 g/mol. The summed E-state index contributed by atoms with van der Waals surface area (Å²) in [7, 11) is 0. The lowest BCUT2D eigenvalue weighted by molar-refractivity contribution is 0.169. The van der Waals surface area contributed by atoms with E-state index in [2.05, 4.69) is 34.6 Å². The molecule has 0 atom stereocenters. The Hall–Kier alpha value is -0.920. The van der Waals surface area contributed by atoms with Gasteiger partial charge >= 0.3 is 0 Å². The van der Waals surface area contributed by atoms with Crippen LogP contribution in [0.3, 0.4) is 0 Å². The number of hydrogen-bond donors (Lipinski definition) is 0. The van der Waals surface area contributed by atoms with Gasteiger partial charge in [-0.1, -0.05) is 29.3 Å². The van der Waals surface area contributed by atoms with Gasteiger partial charge in [-0.15, -0.1) is 0 Å². The van der Waals surface area contributed by atoms with E-state index in [4.69, 9.17) is 27.9 Å². The monoisotopic (exact) mass is 296 g/mol. The normalized spacial score (nSPS) is 18.3. The van der Waals surface area contributed by atoms with E-state index in [0.717, 1.165) is 0 Å². The predicted octanol–water partition coefficient (Wildman–Crippen LogP) is 5.82. The van der Waals surface area contributed by atoms with Crippen LogP contribution in [0.4, 0.5) is 0 Å². The van der Waals surface area contributed by atoms with Gasteiger partial charge in [0.1, 0.15) is 5.60 Å². The van der Waals surface area contributed by atoms with Crippen LogP contribution >= 0.6 is 23.2 Å². The first-order chi connectivity index (χ1) is 8.79. The average molecular weight is 297 g/mol. The van der Waals surface area contributed by atoms with E-state index >= 15 is 0 Å². The molecule has 0 spiro atoms. The van der Waals surface area contributed by atoms with Crippen LogP contribution in [0.1, 0.15) is 34.6 Å². The number of halogens is 2. The fourth-order valence-corrected chi connectivity index (χ4v) is 2.97. The van der Waals surface area contributed by atoms with Crippen LogP contribution in [0, 0.1) is 0 Å². The van der Waals surface area contributed by atoms with Crippen molar-refractivity contribution in [1.29, 1.82) is 0 Å². The summed E-state index contributed by atoms with van der Waals surface area (Å²) >= 11 is 12.4. The average Bonchev–Trinajstić information content (AvgIpc) is 2.51. The molecule has 0 saturated heterocycles. The highest BCUT2D eigenvalue weighted by molar-refractivity contribution is 6.37. The minimum Gasteiger partial charge on any atom is -0.476 e. The number of hydrogen-bond acceptors (Lipinski definition) is 1. The molecule has 102 valence electrons. The third-order valence-electron chi connectivity index (χ3n) is 4.34. The zero-order chi connectivity index (χ0) is 14.4. The smallest absolute Gasteiger partial charge is 0.158 e. The summed E-state index contributed by atoms with van der Waals surface area (Å²) in [6, 6.07) is 5.40. The Morgan fingerprint density at radius 3 is 1.74 bits per heavy atom.